The Morgan fingerprint density at radius 1 is 1.00 bits per heavy atom. The van der Waals surface area contributed by atoms with Gasteiger partial charge in [-0.1, -0.05) is 28.1 Å². The second kappa shape index (κ2) is 7.26. The molecule has 0 spiro atoms. The van der Waals surface area contributed by atoms with Crippen molar-refractivity contribution in [2.75, 3.05) is 36.4 Å². The lowest BCUT2D eigenvalue weighted by molar-refractivity contribution is 0.208. The van der Waals surface area contributed by atoms with Crippen LogP contribution in [0, 0.1) is 13.8 Å². The third-order valence-corrected chi connectivity index (χ3v) is 4.71. The Labute approximate surface area is 151 Å². The quantitative estimate of drug-likeness (QED) is 0.827. The molecule has 1 fully saturated rings. The second-order valence-electron chi connectivity index (χ2n) is 6.26. The molecule has 0 aromatic heterocycles. The van der Waals surface area contributed by atoms with E-state index in [4.69, 9.17) is 0 Å². The van der Waals surface area contributed by atoms with Crippen LogP contribution < -0.4 is 10.2 Å². The molecule has 1 heterocycles. The fourth-order valence-electron chi connectivity index (χ4n) is 3.07. The van der Waals surface area contributed by atoms with E-state index in [1.54, 1.807) is 0 Å². The molecule has 1 saturated heterocycles. The van der Waals surface area contributed by atoms with Gasteiger partial charge in [0.2, 0.25) is 0 Å². The number of nitrogens with one attached hydrogen (secondary N) is 1. The van der Waals surface area contributed by atoms with E-state index in [9.17, 15) is 4.79 Å². The zero-order valence-electron chi connectivity index (χ0n) is 14.1. The van der Waals surface area contributed by atoms with Gasteiger partial charge in [0, 0.05) is 42.0 Å². The van der Waals surface area contributed by atoms with E-state index < -0.39 is 0 Å². The molecule has 126 valence electrons. The summed E-state index contributed by atoms with van der Waals surface area (Å²) >= 11 is 3.42. The maximum absolute atomic E-state index is 12.4. The fourth-order valence-corrected chi connectivity index (χ4v) is 3.47. The Balaban J connectivity index is 1.59. The molecule has 3 rings (SSSR count). The molecule has 2 amide bonds. The number of piperazine rings is 1. The van der Waals surface area contributed by atoms with E-state index in [0.29, 0.717) is 0 Å². The molecule has 0 radical (unpaired) electrons. The zero-order chi connectivity index (χ0) is 17.1. The first-order valence-corrected chi connectivity index (χ1v) is 8.95. The van der Waals surface area contributed by atoms with E-state index in [1.807, 2.05) is 29.2 Å². The first kappa shape index (κ1) is 16.8. The summed E-state index contributed by atoms with van der Waals surface area (Å²) in [7, 11) is 0. The van der Waals surface area contributed by atoms with E-state index in [1.165, 1.54) is 16.8 Å². The first-order chi connectivity index (χ1) is 11.5. The van der Waals surface area contributed by atoms with E-state index in [0.717, 1.165) is 36.3 Å². The summed E-state index contributed by atoms with van der Waals surface area (Å²) in [5, 5.41) is 2.96. The number of anilines is 2. The molecule has 1 aliphatic rings. The molecule has 24 heavy (non-hydrogen) atoms. The summed E-state index contributed by atoms with van der Waals surface area (Å²) in [6.07, 6.45) is 0. The number of amides is 2. The Hall–Kier alpha value is -2.01. The van der Waals surface area contributed by atoms with Gasteiger partial charge in [-0.05, 0) is 55.3 Å². The van der Waals surface area contributed by atoms with Crippen molar-refractivity contribution in [2.24, 2.45) is 0 Å². The third kappa shape index (κ3) is 4.09. The summed E-state index contributed by atoms with van der Waals surface area (Å²) in [6, 6.07) is 14.2. The predicted molar refractivity (Wildman–Crippen MR) is 103 cm³/mol. The number of nitrogens with zero attached hydrogens (tertiary/aromatic N) is 2. The van der Waals surface area contributed by atoms with Crippen LogP contribution in [0.2, 0.25) is 0 Å². The van der Waals surface area contributed by atoms with E-state index in [-0.39, 0.29) is 6.03 Å². The van der Waals surface area contributed by atoms with Crippen molar-refractivity contribution in [1.29, 1.82) is 0 Å². The fraction of sp³-hybridized carbons (Fsp3) is 0.316. The highest BCUT2D eigenvalue weighted by molar-refractivity contribution is 9.10. The summed E-state index contributed by atoms with van der Waals surface area (Å²) < 4.78 is 0.958. The molecule has 0 saturated carbocycles. The van der Waals surface area contributed by atoms with Crippen molar-refractivity contribution in [3.63, 3.8) is 0 Å². The van der Waals surface area contributed by atoms with Gasteiger partial charge >= 0.3 is 6.03 Å². The SMILES string of the molecule is Cc1cc(C)cc(N2CCN(C(=O)Nc3cccc(Br)c3)CC2)c1. The van der Waals surface area contributed by atoms with Crippen molar-refractivity contribution < 1.29 is 4.79 Å². The number of halogens is 1. The van der Waals surface area contributed by atoms with Gasteiger partial charge in [0.15, 0.2) is 0 Å². The molecule has 1 N–H and O–H groups in total. The van der Waals surface area contributed by atoms with Crippen LogP contribution in [0.25, 0.3) is 0 Å². The van der Waals surface area contributed by atoms with Crippen LogP contribution in [0.1, 0.15) is 11.1 Å². The molecule has 0 bridgehead atoms. The summed E-state index contributed by atoms with van der Waals surface area (Å²) in [5.74, 6) is 0. The van der Waals surface area contributed by atoms with Gasteiger partial charge in [-0.15, -0.1) is 0 Å². The highest BCUT2D eigenvalue weighted by Gasteiger charge is 2.21. The molecule has 0 unspecified atom stereocenters. The monoisotopic (exact) mass is 387 g/mol. The second-order valence-corrected chi connectivity index (χ2v) is 7.18. The van der Waals surface area contributed by atoms with E-state index >= 15 is 0 Å². The van der Waals surface area contributed by atoms with Gasteiger partial charge in [0.1, 0.15) is 0 Å². The lowest BCUT2D eigenvalue weighted by Gasteiger charge is -2.36. The van der Waals surface area contributed by atoms with Crippen molar-refractivity contribution in [3.8, 4) is 0 Å². The lowest BCUT2D eigenvalue weighted by atomic mass is 10.1. The molecule has 2 aromatic rings. The van der Waals surface area contributed by atoms with Crippen LogP contribution in [-0.2, 0) is 0 Å². The van der Waals surface area contributed by atoms with Gasteiger partial charge in [0.25, 0.3) is 0 Å². The van der Waals surface area contributed by atoms with Crippen LogP contribution in [0.15, 0.2) is 46.9 Å². The van der Waals surface area contributed by atoms with Gasteiger partial charge in [-0.25, -0.2) is 4.79 Å². The van der Waals surface area contributed by atoms with Crippen LogP contribution in [-0.4, -0.2) is 37.1 Å². The highest BCUT2D eigenvalue weighted by Crippen LogP contribution is 2.21. The molecule has 4 nitrogen and oxygen atoms in total. The standard InChI is InChI=1S/C19H22BrN3O/c1-14-10-15(2)12-18(11-14)22-6-8-23(9-7-22)19(24)21-17-5-3-4-16(20)13-17/h3-5,10-13H,6-9H2,1-2H3,(H,21,24). The molecular formula is C19H22BrN3O. The molecule has 0 atom stereocenters. The normalized spacial score (nSPS) is 14.6. The highest BCUT2D eigenvalue weighted by atomic mass is 79.9. The molecular weight excluding hydrogens is 366 g/mol. The Morgan fingerprint density at radius 3 is 2.29 bits per heavy atom. The minimum absolute atomic E-state index is 0.0341. The number of hydrogen-bond acceptors (Lipinski definition) is 2. The Bertz CT molecular complexity index is 719. The molecule has 2 aromatic carbocycles. The largest absolute Gasteiger partial charge is 0.368 e. The first-order valence-electron chi connectivity index (χ1n) is 8.16. The maximum atomic E-state index is 12.4. The minimum Gasteiger partial charge on any atom is -0.368 e. The maximum Gasteiger partial charge on any atom is 0.321 e. The van der Waals surface area contributed by atoms with Gasteiger partial charge in [-0.3, -0.25) is 0 Å². The lowest BCUT2D eigenvalue weighted by Crippen LogP contribution is -2.50. The smallest absolute Gasteiger partial charge is 0.321 e. The van der Waals surface area contributed by atoms with Crippen molar-refractivity contribution in [3.05, 3.63) is 58.1 Å². The van der Waals surface area contributed by atoms with Crippen LogP contribution in [0.3, 0.4) is 0 Å². The van der Waals surface area contributed by atoms with Crippen molar-refractivity contribution in [1.82, 2.24) is 4.90 Å². The summed E-state index contributed by atoms with van der Waals surface area (Å²) in [4.78, 5) is 16.6. The Morgan fingerprint density at radius 2 is 1.67 bits per heavy atom. The van der Waals surface area contributed by atoms with Gasteiger partial charge in [-0.2, -0.15) is 0 Å². The van der Waals surface area contributed by atoms with Crippen LogP contribution in [0.5, 0.6) is 0 Å². The van der Waals surface area contributed by atoms with Crippen molar-refractivity contribution in [2.45, 2.75) is 13.8 Å². The number of hydrogen-bond donors (Lipinski definition) is 1. The number of carbonyl (C=O) groups excluding carboxylic acids is 1. The van der Waals surface area contributed by atoms with Crippen molar-refractivity contribution >= 4 is 33.3 Å². The van der Waals surface area contributed by atoms with Gasteiger partial charge in [0.05, 0.1) is 0 Å². The zero-order valence-corrected chi connectivity index (χ0v) is 15.6. The molecule has 5 heteroatoms. The molecule has 0 aliphatic carbocycles. The molecule has 1 aliphatic heterocycles. The van der Waals surface area contributed by atoms with Crippen LogP contribution in [0.4, 0.5) is 16.2 Å². The number of carbonyl (C=O) groups is 1. The van der Waals surface area contributed by atoms with Crippen LogP contribution >= 0.6 is 15.9 Å². The average molecular weight is 388 g/mol. The Kier molecular flexibility index (Phi) is 5.09. The number of aryl methyl sites for hydroxylation is 2. The number of rotatable bonds is 2. The third-order valence-electron chi connectivity index (χ3n) is 4.21. The number of benzene rings is 2. The minimum atomic E-state index is -0.0341. The number of urea groups is 1. The summed E-state index contributed by atoms with van der Waals surface area (Å²) in [6.45, 7) is 7.42. The average Bonchev–Trinajstić information content (AvgIpc) is 2.54. The predicted octanol–water partition coefficient (Wildman–Crippen LogP) is 4.42. The topological polar surface area (TPSA) is 35.6 Å². The summed E-state index contributed by atoms with van der Waals surface area (Å²) in [5.41, 5.74) is 4.62. The van der Waals surface area contributed by atoms with Gasteiger partial charge < -0.3 is 15.1 Å². The van der Waals surface area contributed by atoms with E-state index in [2.05, 4.69) is 58.2 Å².